The summed E-state index contributed by atoms with van der Waals surface area (Å²) >= 11 is 1.59. The van der Waals surface area contributed by atoms with Gasteiger partial charge in [-0.05, 0) is 31.9 Å². The third kappa shape index (κ3) is 3.01. The number of nitrogens with zero attached hydrogens (tertiary/aromatic N) is 5. The van der Waals surface area contributed by atoms with Crippen LogP contribution in [0.1, 0.15) is 37.4 Å². The van der Waals surface area contributed by atoms with E-state index in [-0.39, 0.29) is 0 Å². The Kier molecular flexibility index (Phi) is 3.87. The van der Waals surface area contributed by atoms with Crippen molar-refractivity contribution < 1.29 is 4.42 Å². The molecule has 0 spiro atoms. The molecule has 0 radical (unpaired) electrons. The summed E-state index contributed by atoms with van der Waals surface area (Å²) in [5, 5.41) is 17.8. The van der Waals surface area contributed by atoms with Gasteiger partial charge >= 0.3 is 0 Å². The van der Waals surface area contributed by atoms with Crippen LogP contribution in [0.5, 0.6) is 0 Å². The van der Waals surface area contributed by atoms with Gasteiger partial charge in [-0.25, -0.2) is 0 Å². The van der Waals surface area contributed by atoms with E-state index in [1.165, 1.54) is 12.8 Å². The second-order valence-corrected chi connectivity index (χ2v) is 6.46. The van der Waals surface area contributed by atoms with Gasteiger partial charge in [0.05, 0.1) is 5.75 Å². The minimum atomic E-state index is 0.553. The molecule has 0 saturated heterocycles. The van der Waals surface area contributed by atoms with Gasteiger partial charge in [0, 0.05) is 18.0 Å². The van der Waals surface area contributed by atoms with Gasteiger partial charge in [0.1, 0.15) is 5.82 Å². The number of hydrogen-bond donors (Lipinski definition) is 0. The van der Waals surface area contributed by atoms with Gasteiger partial charge in [-0.15, -0.1) is 20.4 Å². The number of benzene rings is 1. The predicted molar refractivity (Wildman–Crippen MR) is 87.0 cm³/mol. The Balaban J connectivity index is 1.46. The molecule has 1 aliphatic rings. The zero-order valence-electron chi connectivity index (χ0n) is 12.8. The minimum absolute atomic E-state index is 0.553. The van der Waals surface area contributed by atoms with E-state index in [2.05, 4.69) is 31.9 Å². The SMILES string of the molecule is CCn1c(SCc2nnc(-c3ccccc3)o2)nnc1C1CC1. The molecule has 7 heteroatoms. The topological polar surface area (TPSA) is 69.6 Å². The molecule has 1 aromatic carbocycles. The van der Waals surface area contributed by atoms with E-state index in [4.69, 9.17) is 4.42 Å². The van der Waals surface area contributed by atoms with Gasteiger partial charge in [-0.2, -0.15) is 0 Å². The van der Waals surface area contributed by atoms with E-state index >= 15 is 0 Å². The lowest BCUT2D eigenvalue weighted by Crippen LogP contribution is -2.02. The summed E-state index contributed by atoms with van der Waals surface area (Å²) in [5.41, 5.74) is 0.934. The summed E-state index contributed by atoms with van der Waals surface area (Å²) in [6, 6.07) is 9.79. The number of aromatic nitrogens is 5. The largest absolute Gasteiger partial charge is 0.420 e. The number of rotatable bonds is 6. The highest BCUT2D eigenvalue weighted by molar-refractivity contribution is 7.98. The summed E-state index contributed by atoms with van der Waals surface area (Å²) in [4.78, 5) is 0. The molecule has 0 amide bonds. The Hall–Kier alpha value is -2.15. The number of hydrogen-bond acceptors (Lipinski definition) is 6. The minimum Gasteiger partial charge on any atom is -0.420 e. The molecule has 2 heterocycles. The Morgan fingerprint density at radius 2 is 1.96 bits per heavy atom. The molecule has 0 atom stereocenters. The molecule has 0 N–H and O–H groups in total. The first-order chi connectivity index (χ1) is 11.3. The average Bonchev–Trinajstić information content (AvgIpc) is 3.19. The standard InChI is InChI=1S/C16H17N5OS/c1-2-21-14(11-8-9-11)18-20-16(21)23-10-13-17-19-15(22-13)12-6-4-3-5-7-12/h3-7,11H,2,8-10H2,1H3. The molecule has 1 aliphatic carbocycles. The zero-order valence-corrected chi connectivity index (χ0v) is 13.7. The maximum absolute atomic E-state index is 5.73. The summed E-state index contributed by atoms with van der Waals surface area (Å²) in [5.74, 6) is 3.47. The van der Waals surface area contributed by atoms with Crippen molar-refractivity contribution >= 4 is 11.8 Å². The van der Waals surface area contributed by atoms with Crippen molar-refractivity contribution in [3.63, 3.8) is 0 Å². The van der Waals surface area contributed by atoms with Crippen LogP contribution in [-0.2, 0) is 12.3 Å². The monoisotopic (exact) mass is 327 g/mol. The molecule has 23 heavy (non-hydrogen) atoms. The lowest BCUT2D eigenvalue weighted by atomic mass is 10.2. The summed E-state index contributed by atoms with van der Waals surface area (Å²) in [6.07, 6.45) is 2.46. The van der Waals surface area contributed by atoms with Gasteiger partial charge in [0.2, 0.25) is 11.8 Å². The van der Waals surface area contributed by atoms with Gasteiger partial charge < -0.3 is 8.98 Å². The van der Waals surface area contributed by atoms with Crippen LogP contribution in [0, 0.1) is 0 Å². The number of thioether (sulfide) groups is 1. The molecule has 1 saturated carbocycles. The molecular weight excluding hydrogens is 310 g/mol. The van der Waals surface area contributed by atoms with E-state index in [1.54, 1.807) is 11.8 Å². The van der Waals surface area contributed by atoms with Crippen LogP contribution in [0.3, 0.4) is 0 Å². The first kappa shape index (κ1) is 14.4. The van der Waals surface area contributed by atoms with Crippen LogP contribution in [-0.4, -0.2) is 25.0 Å². The van der Waals surface area contributed by atoms with Crippen LogP contribution in [0.15, 0.2) is 39.9 Å². The fourth-order valence-corrected chi connectivity index (χ4v) is 3.33. The van der Waals surface area contributed by atoms with Crippen molar-refractivity contribution in [2.24, 2.45) is 0 Å². The van der Waals surface area contributed by atoms with Crippen molar-refractivity contribution in [2.45, 2.75) is 43.1 Å². The van der Waals surface area contributed by atoms with E-state index in [0.29, 0.717) is 23.5 Å². The van der Waals surface area contributed by atoms with E-state index in [9.17, 15) is 0 Å². The molecular formula is C16H17N5OS. The zero-order chi connectivity index (χ0) is 15.6. The van der Waals surface area contributed by atoms with Gasteiger partial charge in [0.25, 0.3) is 0 Å². The Morgan fingerprint density at radius 1 is 1.13 bits per heavy atom. The second-order valence-electron chi connectivity index (χ2n) is 5.51. The smallest absolute Gasteiger partial charge is 0.247 e. The van der Waals surface area contributed by atoms with Crippen LogP contribution >= 0.6 is 11.8 Å². The Labute approximate surface area is 138 Å². The third-order valence-corrected chi connectivity index (χ3v) is 4.77. The van der Waals surface area contributed by atoms with E-state index in [0.717, 1.165) is 23.1 Å². The lowest BCUT2D eigenvalue weighted by Gasteiger charge is -2.05. The molecule has 1 fully saturated rings. The molecule has 0 aliphatic heterocycles. The van der Waals surface area contributed by atoms with Gasteiger partial charge in [-0.1, -0.05) is 30.0 Å². The van der Waals surface area contributed by atoms with Crippen molar-refractivity contribution in [2.75, 3.05) is 0 Å². The van der Waals surface area contributed by atoms with E-state index < -0.39 is 0 Å². The average molecular weight is 327 g/mol. The first-order valence-electron chi connectivity index (χ1n) is 7.79. The highest BCUT2D eigenvalue weighted by atomic mass is 32.2. The highest BCUT2D eigenvalue weighted by Gasteiger charge is 2.30. The first-order valence-corrected chi connectivity index (χ1v) is 8.77. The summed E-state index contributed by atoms with van der Waals surface area (Å²) in [6.45, 7) is 3.01. The second kappa shape index (κ2) is 6.16. The molecule has 118 valence electrons. The normalized spacial score (nSPS) is 14.3. The van der Waals surface area contributed by atoms with Crippen molar-refractivity contribution in [3.8, 4) is 11.5 Å². The summed E-state index contributed by atoms with van der Waals surface area (Å²) in [7, 11) is 0. The van der Waals surface area contributed by atoms with Crippen LogP contribution in [0.4, 0.5) is 0 Å². The van der Waals surface area contributed by atoms with Gasteiger partial charge in [-0.3, -0.25) is 0 Å². The fourth-order valence-electron chi connectivity index (χ4n) is 2.48. The maximum Gasteiger partial charge on any atom is 0.247 e. The van der Waals surface area contributed by atoms with Gasteiger partial charge in [0.15, 0.2) is 5.16 Å². The molecule has 4 rings (SSSR count). The van der Waals surface area contributed by atoms with Crippen molar-refractivity contribution in [1.82, 2.24) is 25.0 Å². The molecule has 2 aromatic heterocycles. The fraction of sp³-hybridized carbons (Fsp3) is 0.375. The maximum atomic E-state index is 5.73. The van der Waals surface area contributed by atoms with Crippen LogP contribution < -0.4 is 0 Å². The molecule has 0 bridgehead atoms. The molecule has 0 unspecified atom stereocenters. The van der Waals surface area contributed by atoms with Crippen molar-refractivity contribution in [1.29, 1.82) is 0 Å². The summed E-state index contributed by atoms with van der Waals surface area (Å²) < 4.78 is 7.92. The predicted octanol–water partition coefficient (Wildman–Crippen LogP) is 3.52. The Bertz CT molecular complexity index is 794. The van der Waals surface area contributed by atoms with E-state index in [1.807, 2.05) is 30.3 Å². The van der Waals surface area contributed by atoms with Crippen LogP contribution in [0.25, 0.3) is 11.5 Å². The Morgan fingerprint density at radius 3 is 2.70 bits per heavy atom. The lowest BCUT2D eigenvalue weighted by molar-refractivity contribution is 0.528. The molecule has 6 nitrogen and oxygen atoms in total. The third-order valence-electron chi connectivity index (χ3n) is 3.82. The highest BCUT2D eigenvalue weighted by Crippen LogP contribution is 2.40. The van der Waals surface area contributed by atoms with Crippen molar-refractivity contribution in [3.05, 3.63) is 42.0 Å². The quantitative estimate of drug-likeness (QED) is 0.645. The molecule has 3 aromatic rings. The van der Waals surface area contributed by atoms with Crippen LogP contribution in [0.2, 0.25) is 0 Å².